The lowest BCUT2D eigenvalue weighted by Crippen LogP contribution is -2.63. The molecular weight excluding hydrogens is 248 g/mol. The van der Waals surface area contributed by atoms with E-state index in [1.807, 2.05) is 6.92 Å². The molecule has 3 saturated heterocycles. The van der Waals surface area contributed by atoms with E-state index in [4.69, 9.17) is 19.2 Å². The van der Waals surface area contributed by atoms with E-state index in [1.54, 1.807) is 7.11 Å². The maximum atomic E-state index is 9.33. The van der Waals surface area contributed by atoms with Gasteiger partial charge in [0.15, 0.2) is 11.9 Å². The summed E-state index contributed by atoms with van der Waals surface area (Å²) in [4.78, 5) is 11.5. The molecule has 1 unspecified atom stereocenters. The first-order chi connectivity index (χ1) is 9.14. The van der Waals surface area contributed by atoms with Crippen molar-refractivity contribution in [1.29, 1.82) is 0 Å². The van der Waals surface area contributed by atoms with Crippen molar-refractivity contribution in [3.63, 3.8) is 0 Å². The predicted molar refractivity (Wildman–Crippen MR) is 67.0 cm³/mol. The molecule has 110 valence electrons. The summed E-state index contributed by atoms with van der Waals surface area (Å²) in [6.07, 6.45) is 5.47. The molecule has 4 aliphatic rings. The molecule has 0 radical (unpaired) electrons. The van der Waals surface area contributed by atoms with E-state index in [-0.39, 0.29) is 12.5 Å². The standard InChI is InChI=1S/C14H24O5/c1-13-8-6-10-4-3-5-11(7-9-15)14(10,19-18-13)12(16-2)17-13/h10-12,15H,3-9H2,1-2H3/t10-,11+,12+,13+,14?/m1/s1. The summed E-state index contributed by atoms with van der Waals surface area (Å²) in [5.41, 5.74) is -0.550. The summed E-state index contributed by atoms with van der Waals surface area (Å²) >= 11 is 0. The van der Waals surface area contributed by atoms with Gasteiger partial charge >= 0.3 is 0 Å². The van der Waals surface area contributed by atoms with Gasteiger partial charge in [0.25, 0.3) is 0 Å². The molecule has 4 fully saturated rings. The average molecular weight is 272 g/mol. The van der Waals surface area contributed by atoms with Gasteiger partial charge in [-0.05, 0) is 44.4 Å². The average Bonchev–Trinajstić information content (AvgIpc) is 2.64. The molecule has 4 rings (SSSR count). The molecule has 19 heavy (non-hydrogen) atoms. The minimum atomic E-state index is -0.701. The van der Waals surface area contributed by atoms with E-state index in [2.05, 4.69) is 0 Å². The van der Waals surface area contributed by atoms with Crippen molar-refractivity contribution in [3.05, 3.63) is 0 Å². The van der Waals surface area contributed by atoms with Gasteiger partial charge in [0.1, 0.15) is 0 Å². The summed E-state index contributed by atoms with van der Waals surface area (Å²) < 4.78 is 11.6. The fourth-order valence-electron chi connectivity index (χ4n) is 4.12. The van der Waals surface area contributed by atoms with Gasteiger partial charge in [-0.2, -0.15) is 0 Å². The molecule has 3 heterocycles. The third kappa shape index (κ3) is 2.03. The molecule has 1 N–H and O–H groups in total. The van der Waals surface area contributed by atoms with Crippen molar-refractivity contribution in [1.82, 2.24) is 0 Å². The van der Waals surface area contributed by atoms with Crippen LogP contribution in [0.5, 0.6) is 0 Å². The molecule has 1 saturated carbocycles. The molecule has 3 aliphatic heterocycles. The normalized spacial score (nSPS) is 49.7. The van der Waals surface area contributed by atoms with Gasteiger partial charge in [-0.25, -0.2) is 9.78 Å². The Morgan fingerprint density at radius 2 is 2.11 bits per heavy atom. The van der Waals surface area contributed by atoms with Crippen LogP contribution in [-0.2, 0) is 19.2 Å². The van der Waals surface area contributed by atoms with E-state index in [0.29, 0.717) is 12.3 Å². The minimum Gasteiger partial charge on any atom is -0.396 e. The monoisotopic (exact) mass is 272 g/mol. The first kappa shape index (κ1) is 13.8. The zero-order valence-electron chi connectivity index (χ0n) is 11.8. The molecule has 2 bridgehead atoms. The minimum absolute atomic E-state index is 0.163. The van der Waals surface area contributed by atoms with Crippen LogP contribution in [0.1, 0.15) is 45.4 Å². The Hall–Kier alpha value is -0.200. The highest BCUT2D eigenvalue weighted by atomic mass is 17.3. The Balaban J connectivity index is 1.97. The van der Waals surface area contributed by atoms with Crippen LogP contribution in [0.2, 0.25) is 0 Å². The molecule has 1 spiro atoms. The number of hydrogen-bond donors (Lipinski definition) is 1. The van der Waals surface area contributed by atoms with Gasteiger partial charge in [0.2, 0.25) is 5.79 Å². The Bertz CT molecular complexity index is 325. The van der Waals surface area contributed by atoms with E-state index in [9.17, 15) is 5.11 Å². The van der Waals surface area contributed by atoms with E-state index >= 15 is 0 Å². The van der Waals surface area contributed by atoms with E-state index in [0.717, 1.165) is 25.7 Å². The number of rotatable bonds is 3. The molecule has 0 aromatic carbocycles. The van der Waals surface area contributed by atoms with Crippen molar-refractivity contribution in [2.24, 2.45) is 11.8 Å². The highest BCUT2D eigenvalue weighted by Crippen LogP contribution is 2.55. The summed E-state index contributed by atoms with van der Waals surface area (Å²) in [7, 11) is 1.66. The fraction of sp³-hybridized carbons (Fsp3) is 1.00. The SMILES string of the molecule is CO[C@H]1O[C@]2(C)CC[C@H]3CCC[C@@H](CCO)C31OO2. The number of hydrogen-bond acceptors (Lipinski definition) is 5. The van der Waals surface area contributed by atoms with Crippen LogP contribution in [0, 0.1) is 11.8 Å². The smallest absolute Gasteiger partial charge is 0.201 e. The maximum Gasteiger partial charge on any atom is 0.201 e. The Kier molecular flexibility index (Phi) is 3.60. The third-order valence-corrected chi connectivity index (χ3v) is 5.11. The van der Waals surface area contributed by atoms with Gasteiger partial charge in [-0.15, -0.1) is 0 Å². The number of ether oxygens (including phenoxy) is 2. The number of aliphatic hydroxyl groups excluding tert-OH is 1. The van der Waals surface area contributed by atoms with Gasteiger partial charge in [0, 0.05) is 20.1 Å². The Morgan fingerprint density at radius 3 is 2.84 bits per heavy atom. The lowest BCUT2D eigenvalue weighted by molar-refractivity contribution is -0.554. The van der Waals surface area contributed by atoms with Gasteiger partial charge in [0.05, 0.1) is 0 Å². The van der Waals surface area contributed by atoms with Crippen molar-refractivity contribution in [2.75, 3.05) is 13.7 Å². The largest absolute Gasteiger partial charge is 0.396 e. The van der Waals surface area contributed by atoms with Crippen LogP contribution in [0.25, 0.3) is 0 Å². The van der Waals surface area contributed by atoms with Gasteiger partial charge < -0.3 is 14.6 Å². The molecule has 5 heteroatoms. The topological polar surface area (TPSA) is 57.2 Å². The number of fused-ring (bicyclic) bond motifs is 3. The Morgan fingerprint density at radius 1 is 1.26 bits per heavy atom. The number of aliphatic hydroxyl groups is 1. The van der Waals surface area contributed by atoms with Crippen molar-refractivity contribution in [2.45, 2.75) is 63.1 Å². The molecule has 5 nitrogen and oxygen atoms in total. The van der Waals surface area contributed by atoms with Crippen LogP contribution in [0.4, 0.5) is 0 Å². The zero-order chi connectivity index (χ0) is 13.5. The second-order valence-electron chi connectivity index (χ2n) is 6.22. The van der Waals surface area contributed by atoms with Gasteiger partial charge in [-0.3, -0.25) is 0 Å². The summed E-state index contributed by atoms with van der Waals surface area (Å²) in [6, 6.07) is 0. The summed E-state index contributed by atoms with van der Waals surface area (Å²) in [5.74, 6) is -0.0940. The second-order valence-corrected chi connectivity index (χ2v) is 6.22. The first-order valence-electron chi connectivity index (χ1n) is 7.33. The van der Waals surface area contributed by atoms with Crippen molar-refractivity contribution < 1.29 is 24.4 Å². The number of methoxy groups -OCH3 is 1. The molecule has 0 aromatic heterocycles. The van der Waals surface area contributed by atoms with E-state index in [1.165, 1.54) is 6.42 Å². The quantitative estimate of drug-likeness (QED) is 0.796. The zero-order valence-corrected chi connectivity index (χ0v) is 11.8. The van der Waals surface area contributed by atoms with Gasteiger partial charge in [-0.1, -0.05) is 6.42 Å². The van der Waals surface area contributed by atoms with Crippen LogP contribution >= 0.6 is 0 Å². The molecule has 0 aromatic rings. The van der Waals surface area contributed by atoms with Crippen LogP contribution in [-0.4, -0.2) is 36.5 Å². The van der Waals surface area contributed by atoms with Crippen molar-refractivity contribution >= 4 is 0 Å². The Labute approximate surface area is 114 Å². The fourth-order valence-corrected chi connectivity index (χ4v) is 4.12. The summed E-state index contributed by atoms with van der Waals surface area (Å²) in [5, 5.41) is 9.33. The summed E-state index contributed by atoms with van der Waals surface area (Å²) in [6.45, 7) is 2.07. The van der Waals surface area contributed by atoms with E-state index < -0.39 is 17.7 Å². The third-order valence-electron chi connectivity index (χ3n) is 5.11. The predicted octanol–water partition coefficient (Wildman–Crippen LogP) is 1.98. The highest BCUT2D eigenvalue weighted by Gasteiger charge is 2.63. The van der Waals surface area contributed by atoms with Crippen molar-refractivity contribution in [3.8, 4) is 0 Å². The maximum absolute atomic E-state index is 9.33. The van der Waals surface area contributed by atoms with Crippen LogP contribution in [0.3, 0.4) is 0 Å². The first-order valence-corrected chi connectivity index (χ1v) is 7.33. The lowest BCUT2D eigenvalue weighted by atomic mass is 9.65. The molecule has 1 aliphatic carbocycles. The van der Waals surface area contributed by atoms with Crippen LogP contribution < -0.4 is 0 Å². The molecular formula is C14H24O5. The highest BCUT2D eigenvalue weighted by molar-refractivity contribution is 5.03. The lowest BCUT2D eigenvalue weighted by Gasteiger charge is -2.53. The molecule has 5 atom stereocenters. The van der Waals surface area contributed by atoms with Crippen LogP contribution in [0.15, 0.2) is 0 Å². The second kappa shape index (κ2) is 4.97. The molecule has 0 amide bonds.